The number of rotatable bonds is 9. The number of halogens is 3. The van der Waals surface area contributed by atoms with Crippen molar-refractivity contribution in [1.82, 2.24) is 20.1 Å². The predicted molar refractivity (Wildman–Crippen MR) is 122 cm³/mol. The molecule has 0 radical (unpaired) electrons. The lowest BCUT2D eigenvalue weighted by Crippen LogP contribution is -2.61. The molecule has 2 atom stereocenters. The number of hydrogen-bond acceptors (Lipinski definition) is 5. The monoisotopic (exact) mass is 481 g/mol. The molecular formula is C23H30ClF2N5O2. The Morgan fingerprint density at radius 2 is 2.15 bits per heavy atom. The number of carbonyl (C=O) groups is 2. The number of amides is 2. The van der Waals surface area contributed by atoms with Crippen LogP contribution in [0.3, 0.4) is 0 Å². The van der Waals surface area contributed by atoms with Gasteiger partial charge in [-0.2, -0.15) is 0 Å². The van der Waals surface area contributed by atoms with E-state index in [2.05, 4.69) is 10.3 Å². The van der Waals surface area contributed by atoms with E-state index < -0.39 is 18.0 Å². The first-order chi connectivity index (χ1) is 15.7. The van der Waals surface area contributed by atoms with E-state index in [1.807, 2.05) is 12.1 Å². The highest BCUT2D eigenvalue weighted by molar-refractivity contribution is 6.49. The van der Waals surface area contributed by atoms with Crippen LogP contribution in [-0.4, -0.2) is 70.8 Å². The largest absolute Gasteiger partial charge is 0.350 e. The summed E-state index contributed by atoms with van der Waals surface area (Å²) in [5.41, 5.74) is 8.75. The molecule has 2 saturated heterocycles. The SMILES string of the molecule is N[C@H](CCCCN1CCC(F)(F)C1)C(=O)N1CC[C@H]1C(=O)NCc1cnc2c(c1)C(Cl)=CC2. The molecular weight excluding hydrogens is 452 g/mol. The van der Waals surface area contributed by atoms with E-state index in [9.17, 15) is 18.4 Å². The maximum Gasteiger partial charge on any atom is 0.261 e. The lowest BCUT2D eigenvalue weighted by molar-refractivity contribution is -0.148. The molecule has 1 aromatic heterocycles. The molecule has 10 heteroatoms. The summed E-state index contributed by atoms with van der Waals surface area (Å²) in [6, 6.07) is 0.730. The van der Waals surface area contributed by atoms with E-state index in [1.165, 1.54) is 4.90 Å². The highest BCUT2D eigenvalue weighted by atomic mass is 35.5. The van der Waals surface area contributed by atoms with E-state index in [4.69, 9.17) is 17.3 Å². The van der Waals surface area contributed by atoms with Gasteiger partial charge in [-0.3, -0.25) is 19.5 Å². The second kappa shape index (κ2) is 10.0. The van der Waals surface area contributed by atoms with Crippen LogP contribution in [0.5, 0.6) is 0 Å². The number of carbonyl (C=O) groups excluding carboxylic acids is 2. The van der Waals surface area contributed by atoms with Crippen LogP contribution in [0.1, 0.15) is 48.9 Å². The predicted octanol–water partition coefficient (Wildman–Crippen LogP) is 2.27. The van der Waals surface area contributed by atoms with Gasteiger partial charge in [-0.05, 0) is 37.4 Å². The van der Waals surface area contributed by atoms with Crippen molar-refractivity contribution < 1.29 is 18.4 Å². The summed E-state index contributed by atoms with van der Waals surface area (Å²) in [6.07, 6.45) is 6.74. The Morgan fingerprint density at radius 1 is 1.33 bits per heavy atom. The van der Waals surface area contributed by atoms with Gasteiger partial charge in [0.2, 0.25) is 11.8 Å². The maximum atomic E-state index is 13.2. The molecule has 1 aliphatic carbocycles. The highest BCUT2D eigenvalue weighted by Crippen LogP contribution is 2.29. The van der Waals surface area contributed by atoms with Crippen molar-refractivity contribution in [2.24, 2.45) is 5.73 Å². The van der Waals surface area contributed by atoms with Crippen LogP contribution in [0.4, 0.5) is 8.78 Å². The van der Waals surface area contributed by atoms with Gasteiger partial charge in [-0.25, -0.2) is 8.78 Å². The fraction of sp³-hybridized carbons (Fsp3) is 0.609. The van der Waals surface area contributed by atoms with Gasteiger partial charge in [0.15, 0.2) is 0 Å². The van der Waals surface area contributed by atoms with Gasteiger partial charge >= 0.3 is 0 Å². The van der Waals surface area contributed by atoms with Crippen molar-refractivity contribution in [2.75, 3.05) is 26.2 Å². The Kier molecular flexibility index (Phi) is 7.31. The topological polar surface area (TPSA) is 91.6 Å². The summed E-state index contributed by atoms with van der Waals surface area (Å²) >= 11 is 6.18. The number of nitrogens with zero attached hydrogens (tertiary/aromatic N) is 3. The number of fused-ring (bicyclic) bond motifs is 1. The lowest BCUT2D eigenvalue weighted by atomic mass is 9.99. The van der Waals surface area contributed by atoms with Crippen LogP contribution in [0.2, 0.25) is 0 Å². The van der Waals surface area contributed by atoms with Crippen LogP contribution in [0.25, 0.3) is 5.03 Å². The van der Waals surface area contributed by atoms with E-state index in [0.29, 0.717) is 56.9 Å². The smallest absolute Gasteiger partial charge is 0.261 e. The molecule has 7 nitrogen and oxygen atoms in total. The first kappa shape index (κ1) is 24.0. The maximum absolute atomic E-state index is 13.2. The minimum atomic E-state index is -2.58. The van der Waals surface area contributed by atoms with E-state index in [-0.39, 0.29) is 24.8 Å². The van der Waals surface area contributed by atoms with Crippen LogP contribution in [0.15, 0.2) is 18.3 Å². The number of aromatic nitrogens is 1. The van der Waals surface area contributed by atoms with Gasteiger partial charge in [-0.1, -0.05) is 24.1 Å². The minimum Gasteiger partial charge on any atom is -0.350 e. The Labute approximate surface area is 197 Å². The second-order valence-corrected chi connectivity index (χ2v) is 9.54. The molecule has 2 amide bonds. The molecule has 0 saturated carbocycles. The summed E-state index contributed by atoms with van der Waals surface area (Å²) in [4.78, 5) is 33.0. The number of nitrogens with two attached hydrogens (primary N) is 1. The Hall–Kier alpha value is -2.10. The third kappa shape index (κ3) is 5.70. The third-order valence-electron chi connectivity index (χ3n) is 6.64. The summed E-state index contributed by atoms with van der Waals surface area (Å²) in [7, 11) is 0. The van der Waals surface area contributed by atoms with Crippen molar-refractivity contribution >= 4 is 28.4 Å². The van der Waals surface area contributed by atoms with Gasteiger partial charge < -0.3 is 16.0 Å². The van der Waals surface area contributed by atoms with Crippen LogP contribution in [-0.2, 0) is 22.6 Å². The number of hydrogen-bond donors (Lipinski definition) is 2. The first-order valence-electron chi connectivity index (χ1n) is 11.5. The van der Waals surface area contributed by atoms with Gasteiger partial charge in [0.25, 0.3) is 5.92 Å². The standard InChI is InChI=1S/C23H30ClF2N5O2/c24-17-4-5-19-16(17)11-15(12-28-19)13-29-21(32)20-6-9-31(20)22(33)18(27)3-1-2-8-30-10-7-23(25,26)14-30/h4,11-12,18,20H,1-3,5-10,13-14,27H2,(H,29,32)/t18-,20+/m1/s1. The molecule has 33 heavy (non-hydrogen) atoms. The summed E-state index contributed by atoms with van der Waals surface area (Å²) < 4.78 is 26.5. The van der Waals surface area contributed by atoms with Crippen LogP contribution in [0, 0.1) is 0 Å². The average molecular weight is 482 g/mol. The van der Waals surface area contributed by atoms with Crippen molar-refractivity contribution in [3.63, 3.8) is 0 Å². The fourth-order valence-corrected chi connectivity index (χ4v) is 4.80. The molecule has 0 aromatic carbocycles. The van der Waals surface area contributed by atoms with Crippen molar-refractivity contribution in [3.8, 4) is 0 Å². The zero-order chi connectivity index (χ0) is 23.6. The Balaban J connectivity index is 1.18. The van der Waals surface area contributed by atoms with Crippen LogP contribution < -0.4 is 11.1 Å². The zero-order valence-corrected chi connectivity index (χ0v) is 19.3. The van der Waals surface area contributed by atoms with Gasteiger partial charge in [0.05, 0.1) is 18.3 Å². The van der Waals surface area contributed by atoms with Gasteiger partial charge in [0.1, 0.15) is 6.04 Å². The molecule has 3 N–H and O–H groups in total. The van der Waals surface area contributed by atoms with E-state index in [1.54, 1.807) is 11.1 Å². The molecule has 3 heterocycles. The molecule has 4 rings (SSSR count). The zero-order valence-electron chi connectivity index (χ0n) is 18.5. The van der Waals surface area contributed by atoms with Crippen LogP contribution >= 0.6 is 11.6 Å². The first-order valence-corrected chi connectivity index (χ1v) is 11.9. The summed E-state index contributed by atoms with van der Waals surface area (Å²) in [6.45, 7) is 1.63. The number of alkyl halides is 2. The number of pyridine rings is 1. The van der Waals surface area contributed by atoms with E-state index >= 15 is 0 Å². The third-order valence-corrected chi connectivity index (χ3v) is 6.99. The summed E-state index contributed by atoms with van der Waals surface area (Å²) in [5.74, 6) is -3.02. The molecule has 2 fully saturated rings. The van der Waals surface area contributed by atoms with Crippen molar-refractivity contribution in [2.45, 2.75) is 63.1 Å². The highest BCUT2D eigenvalue weighted by Gasteiger charge is 2.39. The van der Waals surface area contributed by atoms with Crippen molar-refractivity contribution in [3.05, 3.63) is 35.2 Å². The number of unbranched alkanes of at least 4 members (excludes halogenated alkanes) is 1. The number of nitrogens with one attached hydrogen (secondary N) is 1. The molecule has 2 aliphatic heterocycles. The quantitative estimate of drug-likeness (QED) is 0.528. The summed E-state index contributed by atoms with van der Waals surface area (Å²) in [5, 5.41) is 3.55. The van der Waals surface area contributed by atoms with Gasteiger partial charge in [0, 0.05) is 49.3 Å². The minimum absolute atomic E-state index is 0.0861. The average Bonchev–Trinajstić information content (AvgIpc) is 3.30. The van der Waals surface area contributed by atoms with E-state index in [0.717, 1.165) is 23.2 Å². The Morgan fingerprint density at radius 3 is 2.85 bits per heavy atom. The Bertz CT molecular complexity index is 941. The second-order valence-electron chi connectivity index (χ2n) is 9.13. The molecule has 0 unspecified atom stereocenters. The lowest BCUT2D eigenvalue weighted by Gasteiger charge is -2.41. The molecule has 1 aromatic rings. The van der Waals surface area contributed by atoms with Crippen molar-refractivity contribution in [1.29, 1.82) is 0 Å². The molecule has 3 aliphatic rings. The molecule has 0 spiro atoms. The normalized spacial score (nSPS) is 22.5. The number of allylic oxidation sites excluding steroid dienone is 1. The van der Waals surface area contributed by atoms with Gasteiger partial charge in [-0.15, -0.1) is 0 Å². The fourth-order valence-electron chi connectivity index (χ4n) is 4.56. The molecule has 0 bridgehead atoms. The number of likely N-dealkylation sites (tertiary alicyclic amines) is 2. The molecule has 180 valence electrons.